The zero-order valence-corrected chi connectivity index (χ0v) is 9.74. The standard InChI is InChI=1S/C12H9BrO2/c1-15-12(14)11-9-6-4-2-3-5-8(9)7-10(11)13/h2-7H,1H3. The molecule has 0 fully saturated rings. The van der Waals surface area contributed by atoms with E-state index in [0.29, 0.717) is 5.56 Å². The van der Waals surface area contributed by atoms with Crippen LogP contribution < -0.4 is 0 Å². The molecule has 0 heterocycles. The summed E-state index contributed by atoms with van der Waals surface area (Å²) in [6.07, 6.45) is 0. The van der Waals surface area contributed by atoms with Crippen LogP contribution in [0.3, 0.4) is 0 Å². The van der Waals surface area contributed by atoms with Crippen LogP contribution in [0, 0.1) is 0 Å². The third kappa shape index (κ3) is 1.75. The van der Waals surface area contributed by atoms with E-state index in [1.54, 1.807) is 0 Å². The zero-order valence-electron chi connectivity index (χ0n) is 8.16. The van der Waals surface area contributed by atoms with Crippen molar-refractivity contribution in [3.63, 3.8) is 0 Å². The Morgan fingerprint density at radius 2 is 2.00 bits per heavy atom. The first-order valence-corrected chi connectivity index (χ1v) is 5.29. The molecule has 0 atom stereocenters. The van der Waals surface area contributed by atoms with Crippen LogP contribution in [-0.4, -0.2) is 13.1 Å². The van der Waals surface area contributed by atoms with Gasteiger partial charge in [0.1, 0.15) is 0 Å². The average Bonchev–Trinajstić information content (AvgIpc) is 2.40. The quantitative estimate of drug-likeness (QED) is 0.739. The van der Waals surface area contributed by atoms with E-state index in [-0.39, 0.29) is 5.97 Å². The van der Waals surface area contributed by atoms with Crippen molar-refractivity contribution < 1.29 is 9.53 Å². The molecule has 2 nitrogen and oxygen atoms in total. The molecule has 0 aromatic rings. The molecule has 76 valence electrons. The van der Waals surface area contributed by atoms with Crippen LogP contribution in [0.2, 0.25) is 0 Å². The van der Waals surface area contributed by atoms with Gasteiger partial charge in [-0.25, -0.2) is 4.79 Å². The number of fused-ring (bicyclic) bond motifs is 1. The highest BCUT2D eigenvalue weighted by atomic mass is 79.9. The lowest BCUT2D eigenvalue weighted by Gasteiger charge is -1.99. The number of methoxy groups -OCH3 is 1. The van der Waals surface area contributed by atoms with Crippen molar-refractivity contribution in [2.75, 3.05) is 7.11 Å². The lowest BCUT2D eigenvalue weighted by molar-refractivity contribution is 0.0601. The van der Waals surface area contributed by atoms with Gasteiger partial charge < -0.3 is 4.74 Å². The lowest BCUT2D eigenvalue weighted by atomic mass is 10.1. The number of carbonyl (C=O) groups excluding carboxylic acids is 1. The van der Waals surface area contributed by atoms with Crippen molar-refractivity contribution in [3.8, 4) is 11.1 Å². The lowest BCUT2D eigenvalue weighted by Crippen LogP contribution is -2.01. The summed E-state index contributed by atoms with van der Waals surface area (Å²) in [6.45, 7) is 0. The number of esters is 1. The van der Waals surface area contributed by atoms with E-state index in [1.807, 2.05) is 36.4 Å². The number of hydrogen-bond acceptors (Lipinski definition) is 2. The van der Waals surface area contributed by atoms with Gasteiger partial charge in [-0.3, -0.25) is 0 Å². The van der Waals surface area contributed by atoms with Gasteiger partial charge in [0.2, 0.25) is 0 Å². The van der Waals surface area contributed by atoms with E-state index in [9.17, 15) is 4.79 Å². The van der Waals surface area contributed by atoms with E-state index in [0.717, 1.165) is 15.6 Å². The predicted octanol–water partition coefficient (Wildman–Crippen LogP) is 3.34. The Labute approximate surface area is 96.3 Å². The third-order valence-electron chi connectivity index (χ3n) is 2.25. The van der Waals surface area contributed by atoms with Crippen molar-refractivity contribution in [2.24, 2.45) is 0 Å². The van der Waals surface area contributed by atoms with Gasteiger partial charge in [0.25, 0.3) is 0 Å². The topological polar surface area (TPSA) is 26.3 Å². The second kappa shape index (κ2) is 4.03. The summed E-state index contributed by atoms with van der Waals surface area (Å²) < 4.78 is 5.52. The maximum Gasteiger partial charge on any atom is 0.339 e. The van der Waals surface area contributed by atoms with E-state index >= 15 is 0 Å². The maximum absolute atomic E-state index is 11.6. The van der Waals surface area contributed by atoms with Gasteiger partial charge in [0.15, 0.2) is 0 Å². The zero-order chi connectivity index (χ0) is 10.8. The summed E-state index contributed by atoms with van der Waals surface area (Å²) >= 11 is 3.37. The summed E-state index contributed by atoms with van der Waals surface area (Å²) in [7, 11) is 1.39. The predicted molar refractivity (Wildman–Crippen MR) is 62.1 cm³/mol. The summed E-state index contributed by atoms with van der Waals surface area (Å²) in [5, 5.41) is 0. The molecule has 0 radical (unpaired) electrons. The molecule has 2 aliphatic rings. The van der Waals surface area contributed by atoms with Crippen LogP contribution in [0.15, 0.2) is 40.9 Å². The Kier molecular flexibility index (Phi) is 2.73. The van der Waals surface area contributed by atoms with Gasteiger partial charge in [-0.15, -0.1) is 0 Å². The highest BCUT2D eigenvalue weighted by Crippen LogP contribution is 2.34. The van der Waals surface area contributed by atoms with Gasteiger partial charge in [0, 0.05) is 4.47 Å². The normalized spacial score (nSPS) is 10.3. The number of rotatable bonds is 1. The molecule has 0 spiro atoms. The van der Waals surface area contributed by atoms with E-state index in [4.69, 9.17) is 4.74 Å². The van der Waals surface area contributed by atoms with E-state index in [1.165, 1.54) is 7.11 Å². The molecule has 0 saturated heterocycles. The second-order valence-corrected chi connectivity index (χ2v) is 3.99. The summed E-state index contributed by atoms with van der Waals surface area (Å²) in [5.41, 5.74) is 2.51. The largest absolute Gasteiger partial charge is 0.465 e. The number of ether oxygens (including phenoxy) is 1. The summed E-state index contributed by atoms with van der Waals surface area (Å²) in [6, 6.07) is 11.6. The van der Waals surface area contributed by atoms with Crippen LogP contribution in [0.25, 0.3) is 11.1 Å². The highest BCUT2D eigenvalue weighted by molar-refractivity contribution is 9.10. The van der Waals surface area contributed by atoms with Gasteiger partial charge in [-0.2, -0.15) is 0 Å². The summed E-state index contributed by atoms with van der Waals surface area (Å²) in [4.78, 5) is 11.6. The molecule has 2 aliphatic carbocycles. The van der Waals surface area contributed by atoms with Crippen molar-refractivity contribution in [1.29, 1.82) is 0 Å². The SMILES string of the molecule is COC(=O)c1c(Br)cc2cccccc1-2. The Morgan fingerprint density at radius 1 is 1.27 bits per heavy atom. The van der Waals surface area contributed by atoms with Gasteiger partial charge in [0.05, 0.1) is 12.7 Å². The van der Waals surface area contributed by atoms with Crippen LogP contribution in [0.4, 0.5) is 0 Å². The molecule has 3 heteroatoms. The first-order chi connectivity index (χ1) is 7.24. The second-order valence-electron chi connectivity index (χ2n) is 3.14. The minimum absolute atomic E-state index is 0.317. The molecule has 0 unspecified atom stereocenters. The maximum atomic E-state index is 11.6. The minimum atomic E-state index is -0.317. The fourth-order valence-electron chi connectivity index (χ4n) is 1.56. The minimum Gasteiger partial charge on any atom is -0.465 e. The molecular formula is C12H9BrO2. The van der Waals surface area contributed by atoms with Gasteiger partial charge in [-0.1, -0.05) is 30.3 Å². The van der Waals surface area contributed by atoms with Crippen molar-refractivity contribution in [1.82, 2.24) is 0 Å². The fourth-order valence-corrected chi connectivity index (χ4v) is 2.18. The van der Waals surface area contributed by atoms with E-state index in [2.05, 4.69) is 15.9 Å². The molecule has 0 amide bonds. The number of hydrogen-bond donors (Lipinski definition) is 0. The molecule has 2 rings (SSSR count). The highest BCUT2D eigenvalue weighted by Gasteiger charge is 2.19. The molecule has 0 saturated carbocycles. The fraction of sp³-hybridized carbons (Fsp3) is 0.0833. The van der Waals surface area contributed by atoms with Crippen molar-refractivity contribution >= 4 is 21.9 Å². The van der Waals surface area contributed by atoms with E-state index < -0.39 is 0 Å². The Bertz CT molecular complexity index is 479. The number of carbonyl (C=O) groups is 1. The first-order valence-electron chi connectivity index (χ1n) is 4.49. The molecule has 0 bridgehead atoms. The number of halogens is 1. The molecule has 0 N–H and O–H groups in total. The van der Waals surface area contributed by atoms with Crippen LogP contribution >= 0.6 is 15.9 Å². The van der Waals surface area contributed by atoms with Crippen molar-refractivity contribution in [2.45, 2.75) is 0 Å². The van der Waals surface area contributed by atoms with Gasteiger partial charge >= 0.3 is 5.97 Å². The third-order valence-corrected chi connectivity index (χ3v) is 2.88. The summed E-state index contributed by atoms with van der Waals surface area (Å²) in [5.74, 6) is -0.317. The van der Waals surface area contributed by atoms with Crippen LogP contribution in [0.5, 0.6) is 0 Å². The van der Waals surface area contributed by atoms with Crippen LogP contribution in [-0.2, 0) is 4.74 Å². The average molecular weight is 265 g/mol. The molecule has 0 aromatic heterocycles. The first kappa shape index (κ1) is 10.2. The Morgan fingerprint density at radius 3 is 2.73 bits per heavy atom. The molecular weight excluding hydrogens is 256 g/mol. The van der Waals surface area contributed by atoms with Gasteiger partial charge in [-0.05, 0) is 33.1 Å². The van der Waals surface area contributed by atoms with Crippen LogP contribution in [0.1, 0.15) is 10.4 Å². The Hall–Kier alpha value is -1.35. The van der Waals surface area contributed by atoms with Crippen molar-refractivity contribution in [3.05, 3.63) is 46.4 Å². The monoisotopic (exact) mass is 264 g/mol. The molecule has 0 aliphatic heterocycles. The Balaban J connectivity index is 2.68. The molecule has 15 heavy (non-hydrogen) atoms. The smallest absolute Gasteiger partial charge is 0.339 e. The molecule has 0 aromatic carbocycles.